The largest absolute Gasteiger partial charge is 0.432 e. The van der Waals surface area contributed by atoms with E-state index in [0.29, 0.717) is 41.0 Å². The number of hydrogen-bond acceptors (Lipinski definition) is 5. The van der Waals surface area contributed by atoms with E-state index in [1.54, 1.807) is 13.0 Å². The van der Waals surface area contributed by atoms with Gasteiger partial charge in [0.2, 0.25) is 5.95 Å². The zero-order valence-corrected chi connectivity index (χ0v) is 15.8. The van der Waals surface area contributed by atoms with Crippen molar-refractivity contribution in [3.63, 3.8) is 0 Å². The molecule has 2 rings (SSSR count). The Bertz CT molecular complexity index is 751. The number of aryl methyl sites for hydroxylation is 1. The second-order valence-corrected chi connectivity index (χ2v) is 11.7. The zero-order chi connectivity index (χ0) is 18.1. The van der Waals surface area contributed by atoms with Gasteiger partial charge in [-0.1, -0.05) is 19.0 Å². The number of halogens is 1. The molecule has 7 heteroatoms. The average molecular weight is 349 g/mol. The summed E-state index contributed by atoms with van der Waals surface area (Å²) in [5.41, 5.74) is 2.35. The number of aromatic nitrogens is 2. The molecular weight excluding hydrogens is 325 g/mol. The van der Waals surface area contributed by atoms with E-state index in [4.69, 9.17) is 9.93 Å². The number of pyridine rings is 1. The van der Waals surface area contributed by atoms with Crippen molar-refractivity contribution < 1.29 is 13.7 Å². The maximum Gasteiger partial charge on any atom is 0.216 e. The minimum atomic E-state index is -2.38. The summed E-state index contributed by atoms with van der Waals surface area (Å²) in [5.74, 6) is -0.229. The van der Waals surface area contributed by atoms with E-state index in [2.05, 4.69) is 10.1 Å². The first kappa shape index (κ1) is 18.5. The highest BCUT2D eigenvalue weighted by Crippen LogP contribution is 2.41. The fraction of sp³-hybridized carbons (Fsp3) is 0.471. The average Bonchev–Trinajstić information content (AvgIpc) is 2.85. The highest BCUT2D eigenvalue weighted by atomic mass is 28.4. The second-order valence-electron chi connectivity index (χ2n) is 7.22. The molecule has 0 saturated heterocycles. The fourth-order valence-corrected chi connectivity index (χ4v) is 3.23. The standard InChI is InChI=1S/C17H24FN3O2Si/c1-11-15(14(10-19)23-21-11)12-7-9-20-16(18)13(12)6-8-17(2,3)24(4,5)22/h7,9-10,19,22H,6,8H2,1-5H3. The van der Waals surface area contributed by atoms with Gasteiger partial charge in [-0.15, -0.1) is 0 Å². The molecule has 0 amide bonds. The van der Waals surface area contributed by atoms with Crippen molar-refractivity contribution in [3.05, 3.63) is 35.2 Å². The van der Waals surface area contributed by atoms with Crippen LogP contribution < -0.4 is 0 Å². The summed E-state index contributed by atoms with van der Waals surface area (Å²) in [6, 6.07) is 1.72. The van der Waals surface area contributed by atoms with E-state index in [9.17, 15) is 9.19 Å². The first-order chi connectivity index (χ1) is 11.1. The topological polar surface area (TPSA) is 83.0 Å². The molecule has 0 unspecified atom stereocenters. The van der Waals surface area contributed by atoms with E-state index in [0.717, 1.165) is 6.21 Å². The highest BCUT2D eigenvalue weighted by Gasteiger charge is 2.38. The predicted molar refractivity (Wildman–Crippen MR) is 94.4 cm³/mol. The van der Waals surface area contributed by atoms with Gasteiger partial charge in [0.05, 0.1) is 17.5 Å². The Morgan fingerprint density at radius 2 is 2.08 bits per heavy atom. The van der Waals surface area contributed by atoms with Crippen LogP contribution >= 0.6 is 0 Å². The first-order valence-electron chi connectivity index (χ1n) is 7.91. The van der Waals surface area contributed by atoms with Crippen LogP contribution in [0.4, 0.5) is 4.39 Å². The van der Waals surface area contributed by atoms with Crippen molar-refractivity contribution in [1.29, 1.82) is 5.41 Å². The third-order valence-electron chi connectivity index (χ3n) is 4.95. The van der Waals surface area contributed by atoms with Crippen molar-refractivity contribution in [2.45, 2.75) is 51.7 Å². The number of nitrogens with zero attached hydrogens (tertiary/aromatic N) is 2. The maximum atomic E-state index is 14.4. The summed E-state index contributed by atoms with van der Waals surface area (Å²) in [5, 5.41) is 11.1. The molecule has 0 saturated carbocycles. The first-order valence-corrected chi connectivity index (χ1v) is 10.9. The van der Waals surface area contributed by atoms with Gasteiger partial charge in [-0.05, 0) is 49.5 Å². The molecule has 0 aliphatic rings. The van der Waals surface area contributed by atoms with Crippen LogP contribution in [0, 0.1) is 18.3 Å². The summed E-state index contributed by atoms with van der Waals surface area (Å²) in [6.07, 6.45) is 3.57. The molecule has 0 radical (unpaired) electrons. The molecule has 2 N–H and O–H groups in total. The minimum Gasteiger partial charge on any atom is -0.432 e. The smallest absolute Gasteiger partial charge is 0.216 e. The van der Waals surface area contributed by atoms with Crippen molar-refractivity contribution >= 4 is 14.5 Å². The maximum absolute atomic E-state index is 14.4. The van der Waals surface area contributed by atoms with Crippen molar-refractivity contribution in [2.24, 2.45) is 0 Å². The van der Waals surface area contributed by atoms with Crippen LogP contribution in [0.2, 0.25) is 18.1 Å². The fourth-order valence-electron chi connectivity index (χ4n) is 2.50. The zero-order valence-electron chi connectivity index (χ0n) is 14.8. The lowest BCUT2D eigenvalue weighted by Crippen LogP contribution is -2.39. The minimum absolute atomic E-state index is 0.263. The SMILES string of the molecule is Cc1noc(C=N)c1-c1ccnc(F)c1CCC(C)(C)[Si](C)(C)O. The van der Waals surface area contributed by atoms with Gasteiger partial charge < -0.3 is 14.7 Å². The van der Waals surface area contributed by atoms with Crippen molar-refractivity contribution in [1.82, 2.24) is 10.1 Å². The summed E-state index contributed by atoms with van der Waals surface area (Å²) in [7, 11) is -2.38. The van der Waals surface area contributed by atoms with E-state index in [1.807, 2.05) is 26.9 Å². The second kappa shape index (κ2) is 6.56. The van der Waals surface area contributed by atoms with E-state index in [1.165, 1.54) is 6.20 Å². The molecule has 130 valence electrons. The van der Waals surface area contributed by atoms with Gasteiger partial charge in [-0.2, -0.15) is 4.39 Å². The van der Waals surface area contributed by atoms with Crippen LogP contribution in [-0.4, -0.2) is 29.5 Å². The van der Waals surface area contributed by atoms with Crippen LogP contribution in [0.15, 0.2) is 16.8 Å². The molecule has 2 heterocycles. The third-order valence-corrected chi connectivity index (χ3v) is 8.51. The monoisotopic (exact) mass is 349 g/mol. The molecule has 24 heavy (non-hydrogen) atoms. The lowest BCUT2D eigenvalue weighted by Gasteiger charge is -2.35. The lowest BCUT2D eigenvalue weighted by atomic mass is 9.94. The van der Waals surface area contributed by atoms with Crippen LogP contribution in [0.3, 0.4) is 0 Å². The van der Waals surface area contributed by atoms with Gasteiger partial charge in [0.25, 0.3) is 0 Å². The molecule has 0 fully saturated rings. The molecule has 0 aromatic carbocycles. The summed E-state index contributed by atoms with van der Waals surface area (Å²) in [6.45, 7) is 9.58. The molecule has 5 nitrogen and oxygen atoms in total. The molecule has 2 aromatic rings. The summed E-state index contributed by atoms with van der Waals surface area (Å²) < 4.78 is 19.5. The van der Waals surface area contributed by atoms with Crippen LogP contribution in [-0.2, 0) is 6.42 Å². The normalized spacial score (nSPS) is 12.5. The Morgan fingerprint density at radius 1 is 1.42 bits per heavy atom. The third kappa shape index (κ3) is 3.46. The Hall–Kier alpha value is -1.86. The molecule has 0 aliphatic heterocycles. The van der Waals surface area contributed by atoms with Crippen LogP contribution in [0.5, 0.6) is 0 Å². The van der Waals surface area contributed by atoms with Crippen molar-refractivity contribution in [3.8, 4) is 11.1 Å². The number of hydrogen-bond donors (Lipinski definition) is 2. The Balaban J connectivity index is 2.45. The van der Waals surface area contributed by atoms with Gasteiger partial charge in [0.15, 0.2) is 14.1 Å². The Labute approximate surface area is 142 Å². The van der Waals surface area contributed by atoms with Gasteiger partial charge in [0.1, 0.15) is 0 Å². The molecule has 0 atom stereocenters. The van der Waals surface area contributed by atoms with Crippen LogP contribution in [0.25, 0.3) is 11.1 Å². The molecular formula is C17H24FN3O2Si. The number of nitrogens with one attached hydrogen (secondary N) is 1. The molecule has 0 aliphatic carbocycles. The highest BCUT2D eigenvalue weighted by molar-refractivity contribution is 6.72. The van der Waals surface area contributed by atoms with Gasteiger partial charge in [0, 0.05) is 11.8 Å². The summed E-state index contributed by atoms with van der Waals surface area (Å²) >= 11 is 0. The van der Waals surface area contributed by atoms with Crippen LogP contribution in [0.1, 0.15) is 37.3 Å². The predicted octanol–water partition coefficient (Wildman–Crippen LogP) is 4.09. The Kier molecular flexibility index (Phi) is 5.05. The van der Waals surface area contributed by atoms with Gasteiger partial charge >= 0.3 is 0 Å². The molecule has 0 spiro atoms. The van der Waals surface area contributed by atoms with E-state index >= 15 is 0 Å². The quantitative estimate of drug-likeness (QED) is 0.467. The van der Waals surface area contributed by atoms with Crippen molar-refractivity contribution in [2.75, 3.05) is 0 Å². The van der Waals surface area contributed by atoms with Gasteiger partial charge in [-0.25, -0.2) is 4.98 Å². The number of rotatable bonds is 6. The molecule has 2 aromatic heterocycles. The van der Waals surface area contributed by atoms with Gasteiger partial charge in [-0.3, -0.25) is 0 Å². The molecule has 0 bridgehead atoms. The summed E-state index contributed by atoms with van der Waals surface area (Å²) in [4.78, 5) is 14.2. The lowest BCUT2D eigenvalue weighted by molar-refractivity contribution is 0.410. The van der Waals surface area contributed by atoms with E-state index in [-0.39, 0.29) is 5.04 Å². The Morgan fingerprint density at radius 3 is 2.67 bits per heavy atom. The van der Waals surface area contributed by atoms with E-state index < -0.39 is 14.3 Å².